The number of carbonyl (C=O) groups is 1. The van der Waals surface area contributed by atoms with Gasteiger partial charge in [0.25, 0.3) is 0 Å². The fourth-order valence-electron chi connectivity index (χ4n) is 1.84. The highest BCUT2D eigenvalue weighted by atomic mass is 16.2. The molecule has 1 aliphatic carbocycles. The van der Waals surface area contributed by atoms with Crippen LogP contribution in [0.1, 0.15) is 19.3 Å². The standard InChI is InChI=1S/C10H14N2O/c11-8-6-5-7-3-1-2-4-9(7)12-10(8)13/h1-2,4,7-8H,3,5-6,11H2,(H,12,13). The third-order valence-corrected chi connectivity index (χ3v) is 2.70. The second-order valence-corrected chi connectivity index (χ2v) is 3.66. The molecule has 3 nitrogen and oxygen atoms in total. The molecule has 1 heterocycles. The Balaban J connectivity index is 2.19. The molecule has 0 saturated carbocycles. The lowest BCUT2D eigenvalue weighted by atomic mass is 9.92. The zero-order valence-electron chi connectivity index (χ0n) is 7.49. The summed E-state index contributed by atoms with van der Waals surface area (Å²) in [6, 6.07) is -0.327. The van der Waals surface area contributed by atoms with E-state index < -0.39 is 0 Å². The highest BCUT2D eigenvalue weighted by molar-refractivity contribution is 5.83. The van der Waals surface area contributed by atoms with Crippen LogP contribution in [0.25, 0.3) is 0 Å². The maximum atomic E-state index is 11.4. The summed E-state index contributed by atoms with van der Waals surface area (Å²) >= 11 is 0. The second-order valence-electron chi connectivity index (χ2n) is 3.66. The monoisotopic (exact) mass is 178 g/mol. The van der Waals surface area contributed by atoms with Crippen molar-refractivity contribution in [3.8, 4) is 0 Å². The van der Waals surface area contributed by atoms with E-state index in [-0.39, 0.29) is 11.9 Å². The number of amides is 1. The average molecular weight is 178 g/mol. The van der Waals surface area contributed by atoms with Crippen LogP contribution in [0.3, 0.4) is 0 Å². The molecule has 0 radical (unpaired) electrons. The highest BCUT2D eigenvalue weighted by Gasteiger charge is 2.25. The van der Waals surface area contributed by atoms with Crippen molar-refractivity contribution in [2.24, 2.45) is 11.7 Å². The third-order valence-electron chi connectivity index (χ3n) is 2.70. The Morgan fingerprint density at radius 2 is 2.31 bits per heavy atom. The molecule has 0 aromatic heterocycles. The van der Waals surface area contributed by atoms with E-state index in [0.29, 0.717) is 5.92 Å². The normalized spacial score (nSPS) is 33.0. The van der Waals surface area contributed by atoms with Gasteiger partial charge in [-0.05, 0) is 25.3 Å². The van der Waals surface area contributed by atoms with Crippen molar-refractivity contribution in [3.63, 3.8) is 0 Å². The lowest BCUT2D eigenvalue weighted by molar-refractivity contribution is -0.121. The van der Waals surface area contributed by atoms with E-state index in [0.717, 1.165) is 25.0 Å². The Bertz CT molecular complexity index is 281. The molecule has 2 atom stereocenters. The van der Waals surface area contributed by atoms with Crippen molar-refractivity contribution >= 4 is 5.91 Å². The van der Waals surface area contributed by atoms with E-state index in [2.05, 4.69) is 11.4 Å². The van der Waals surface area contributed by atoms with Gasteiger partial charge in [0.15, 0.2) is 0 Å². The Morgan fingerprint density at radius 1 is 1.46 bits per heavy atom. The van der Waals surface area contributed by atoms with Gasteiger partial charge in [0.1, 0.15) is 0 Å². The van der Waals surface area contributed by atoms with Gasteiger partial charge >= 0.3 is 0 Å². The molecule has 70 valence electrons. The van der Waals surface area contributed by atoms with Crippen molar-refractivity contribution in [2.75, 3.05) is 0 Å². The predicted molar refractivity (Wildman–Crippen MR) is 50.7 cm³/mol. The topological polar surface area (TPSA) is 55.1 Å². The predicted octanol–water partition coefficient (Wildman–Crippen LogP) is 0.684. The van der Waals surface area contributed by atoms with Gasteiger partial charge in [0.05, 0.1) is 6.04 Å². The molecular formula is C10H14N2O. The van der Waals surface area contributed by atoms with Gasteiger partial charge in [-0.3, -0.25) is 4.79 Å². The van der Waals surface area contributed by atoms with E-state index in [4.69, 9.17) is 5.73 Å². The number of nitrogens with two attached hydrogens (primary N) is 1. The number of carbonyl (C=O) groups excluding carboxylic acids is 1. The molecule has 1 fully saturated rings. The summed E-state index contributed by atoms with van der Waals surface area (Å²) in [6.07, 6.45) is 8.93. The van der Waals surface area contributed by atoms with Crippen molar-refractivity contribution in [1.29, 1.82) is 0 Å². The Hall–Kier alpha value is -1.09. The molecule has 0 aromatic carbocycles. The summed E-state index contributed by atoms with van der Waals surface area (Å²) in [6.45, 7) is 0. The molecule has 1 saturated heterocycles. The summed E-state index contributed by atoms with van der Waals surface area (Å²) in [5.74, 6) is 0.437. The van der Waals surface area contributed by atoms with Gasteiger partial charge in [0.2, 0.25) is 5.91 Å². The van der Waals surface area contributed by atoms with E-state index in [9.17, 15) is 4.79 Å². The van der Waals surface area contributed by atoms with Gasteiger partial charge in [-0.1, -0.05) is 12.2 Å². The molecule has 2 unspecified atom stereocenters. The van der Waals surface area contributed by atoms with Crippen LogP contribution in [0.15, 0.2) is 23.9 Å². The van der Waals surface area contributed by atoms with Crippen molar-refractivity contribution in [2.45, 2.75) is 25.3 Å². The lowest BCUT2D eigenvalue weighted by Crippen LogP contribution is -2.38. The highest BCUT2D eigenvalue weighted by Crippen LogP contribution is 2.26. The zero-order valence-corrected chi connectivity index (χ0v) is 7.49. The number of nitrogens with one attached hydrogen (secondary N) is 1. The summed E-state index contributed by atoms with van der Waals surface area (Å²) in [5, 5.41) is 2.88. The van der Waals surface area contributed by atoms with E-state index in [1.807, 2.05) is 12.2 Å². The van der Waals surface area contributed by atoms with Gasteiger partial charge in [0, 0.05) is 11.6 Å². The SMILES string of the molecule is NC1CCC2CC=CC=C2NC1=O. The molecule has 13 heavy (non-hydrogen) atoms. The minimum Gasteiger partial charge on any atom is -0.328 e. The minimum absolute atomic E-state index is 0.0379. The van der Waals surface area contributed by atoms with E-state index in [1.165, 1.54) is 0 Å². The fraction of sp³-hybridized carbons (Fsp3) is 0.500. The van der Waals surface area contributed by atoms with Crippen LogP contribution in [0.2, 0.25) is 0 Å². The van der Waals surface area contributed by atoms with Gasteiger partial charge in [-0.2, -0.15) is 0 Å². The third kappa shape index (κ3) is 1.65. The Labute approximate surface area is 77.7 Å². The molecule has 1 aliphatic heterocycles. The van der Waals surface area contributed by atoms with E-state index in [1.54, 1.807) is 0 Å². The molecule has 3 heteroatoms. The number of hydrogen-bond donors (Lipinski definition) is 2. The van der Waals surface area contributed by atoms with Crippen LogP contribution >= 0.6 is 0 Å². The second kappa shape index (κ2) is 3.34. The van der Waals surface area contributed by atoms with Crippen LogP contribution < -0.4 is 11.1 Å². The lowest BCUT2D eigenvalue weighted by Gasteiger charge is -2.18. The molecule has 1 amide bonds. The summed E-state index contributed by atoms with van der Waals surface area (Å²) in [4.78, 5) is 11.4. The van der Waals surface area contributed by atoms with Crippen molar-refractivity contribution in [1.82, 2.24) is 5.32 Å². The number of fused-ring (bicyclic) bond motifs is 1. The maximum Gasteiger partial charge on any atom is 0.241 e. The van der Waals surface area contributed by atoms with Crippen LogP contribution in [0.4, 0.5) is 0 Å². The minimum atomic E-state index is -0.327. The molecule has 0 aromatic rings. The smallest absolute Gasteiger partial charge is 0.241 e. The fourth-order valence-corrected chi connectivity index (χ4v) is 1.84. The van der Waals surface area contributed by atoms with Crippen molar-refractivity contribution in [3.05, 3.63) is 23.9 Å². The molecular weight excluding hydrogens is 164 g/mol. The molecule has 2 rings (SSSR count). The summed E-state index contributed by atoms with van der Waals surface area (Å²) in [7, 11) is 0. The van der Waals surface area contributed by atoms with Gasteiger partial charge in [-0.25, -0.2) is 0 Å². The maximum absolute atomic E-state index is 11.4. The average Bonchev–Trinajstić information content (AvgIpc) is 2.28. The first-order valence-electron chi connectivity index (χ1n) is 4.70. The Kier molecular flexibility index (Phi) is 2.19. The Morgan fingerprint density at radius 3 is 3.15 bits per heavy atom. The molecule has 2 aliphatic rings. The zero-order chi connectivity index (χ0) is 9.26. The van der Waals surface area contributed by atoms with Crippen LogP contribution in [-0.4, -0.2) is 11.9 Å². The summed E-state index contributed by atoms with van der Waals surface area (Å²) in [5.41, 5.74) is 6.71. The molecule has 0 bridgehead atoms. The first-order chi connectivity index (χ1) is 6.27. The quantitative estimate of drug-likeness (QED) is 0.573. The first kappa shape index (κ1) is 8.51. The van der Waals surface area contributed by atoms with Crippen LogP contribution in [0.5, 0.6) is 0 Å². The molecule has 3 N–H and O–H groups in total. The molecule has 0 spiro atoms. The largest absolute Gasteiger partial charge is 0.328 e. The van der Waals surface area contributed by atoms with Crippen LogP contribution in [-0.2, 0) is 4.79 Å². The number of allylic oxidation sites excluding steroid dienone is 4. The summed E-state index contributed by atoms with van der Waals surface area (Å²) < 4.78 is 0. The van der Waals surface area contributed by atoms with Crippen molar-refractivity contribution < 1.29 is 4.79 Å². The van der Waals surface area contributed by atoms with Gasteiger partial charge in [-0.15, -0.1) is 0 Å². The van der Waals surface area contributed by atoms with Crippen LogP contribution in [0, 0.1) is 5.92 Å². The number of rotatable bonds is 0. The number of hydrogen-bond acceptors (Lipinski definition) is 2. The van der Waals surface area contributed by atoms with E-state index >= 15 is 0 Å². The first-order valence-corrected chi connectivity index (χ1v) is 4.70. The van der Waals surface area contributed by atoms with Gasteiger partial charge < -0.3 is 11.1 Å².